The molecule has 0 spiro atoms. The first kappa shape index (κ1) is 14.9. The molecule has 1 aliphatic rings. The van der Waals surface area contributed by atoms with Gasteiger partial charge in [-0.2, -0.15) is 0 Å². The molecule has 2 heterocycles. The van der Waals surface area contributed by atoms with Crippen molar-refractivity contribution >= 4 is 5.97 Å². The molecule has 0 bridgehead atoms. The average molecular weight is 284 g/mol. The lowest BCUT2D eigenvalue weighted by atomic mass is 10.1. The molecule has 0 aromatic carbocycles. The van der Waals surface area contributed by atoms with Gasteiger partial charge < -0.3 is 19.9 Å². The van der Waals surface area contributed by atoms with E-state index in [0.717, 1.165) is 25.1 Å². The van der Waals surface area contributed by atoms with E-state index in [4.69, 9.17) is 14.6 Å². The number of esters is 1. The number of carbonyl (C=O) groups excluding carboxylic acids is 1. The van der Waals surface area contributed by atoms with Gasteiger partial charge in [-0.15, -0.1) is 5.10 Å². The maximum Gasteiger partial charge on any atom is 0.360 e. The van der Waals surface area contributed by atoms with Gasteiger partial charge in [0, 0.05) is 0 Å². The molecule has 0 saturated carbocycles. The van der Waals surface area contributed by atoms with Gasteiger partial charge in [-0.25, -0.2) is 9.48 Å². The lowest BCUT2D eigenvalue weighted by Gasteiger charge is -2.13. The van der Waals surface area contributed by atoms with E-state index in [1.165, 1.54) is 7.11 Å². The van der Waals surface area contributed by atoms with Crippen LogP contribution in [0.2, 0.25) is 0 Å². The molecule has 1 aromatic heterocycles. The molecule has 1 aromatic rings. The highest BCUT2D eigenvalue weighted by molar-refractivity contribution is 5.88. The molecule has 112 valence electrons. The minimum atomic E-state index is -0.476. The van der Waals surface area contributed by atoms with Crippen molar-refractivity contribution in [3.63, 3.8) is 0 Å². The summed E-state index contributed by atoms with van der Waals surface area (Å²) in [6.07, 6.45) is 1.99. The third kappa shape index (κ3) is 3.33. The Bertz CT molecular complexity index is 443. The predicted molar refractivity (Wildman–Crippen MR) is 69.2 cm³/mol. The topological polar surface area (TPSA) is 98.5 Å². The molecule has 1 saturated heterocycles. The van der Waals surface area contributed by atoms with Crippen LogP contribution < -0.4 is 5.32 Å². The summed E-state index contributed by atoms with van der Waals surface area (Å²) < 4.78 is 11.6. The second-order valence-electron chi connectivity index (χ2n) is 4.52. The number of rotatable bonds is 7. The maximum absolute atomic E-state index is 11.8. The molecule has 20 heavy (non-hydrogen) atoms. The molecule has 2 N–H and O–H groups in total. The van der Waals surface area contributed by atoms with Crippen molar-refractivity contribution < 1.29 is 19.4 Å². The minimum absolute atomic E-state index is 0.0121. The Hall–Kier alpha value is -1.51. The van der Waals surface area contributed by atoms with Crippen LogP contribution in [-0.4, -0.2) is 59.5 Å². The first-order valence-electron chi connectivity index (χ1n) is 6.71. The summed E-state index contributed by atoms with van der Waals surface area (Å²) in [5.74, 6) is -0.476. The highest BCUT2D eigenvalue weighted by Crippen LogP contribution is 2.25. The van der Waals surface area contributed by atoms with Crippen LogP contribution >= 0.6 is 0 Å². The Kier molecular flexibility index (Phi) is 5.45. The number of nitrogens with one attached hydrogen (secondary N) is 1. The molecule has 1 unspecified atom stereocenters. The summed E-state index contributed by atoms with van der Waals surface area (Å²) in [5, 5.41) is 19.9. The Morgan fingerprint density at radius 2 is 2.40 bits per heavy atom. The fourth-order valence-electron chi connectivity index (χ4n) is 2.31. The molecule has 8 heteroatoms. The maximum atomic E-state index is 11.8. The Labute approximate surface area is 117 Å². The summed E-state index contributed by atoms with van der Waals surface area (Å²) in [7, 11) is 1.33. The van der Waals surface area contributed by atoms with Crippen LogP contribution in [0.3, 0.4) is 0 Å². The number of nitrogens with zero attached hydrogens (tertiary/aromatic N) is 3. The number of methoxy groups -OCH3 is 1. The number of aromatic nitrogens is 3. The van der Waals surface area contributed by atoms with Gasteiger partial charge in [0.05, 0.1) is 45.2 Å². The number of aliphatic hydroxyl groups excluding tert-OH is 1. The molecule has 1 fully saturated rings. The molecule has 1 atom stereocenters. The number of aliphatic hydroxyl groups is 1. The zero-order valence-corrected chi connectivity index (χ0v) is 11.5. The van der Waals surface area contributed by atoms with Gasteiger partial charge in [-0.3, -0.25) is 0 Å². The van der Waals surface area contributed by atoms with Gasteiger partial charge >= 0.3 is 5.97 Å². The first-order valence-corrected chi connectivity index (χ1v) is 6.71. The van der Waals surface area contributed by atoms with Crippen molar-refractivity contribution in [3.8, 4) is 0 Å². The summed E-state index contributed by atoms with van der Waals surface area (Å²) >= 11 is 0. The minimum Gasteiger partial charge on any atom is -0.464 e. The van der Waals surface area contributed by atoms with E-state index in [1.807, 2.05) is 0 Å². The zero-order valence-electron chi connectivity index (χ0n) is 11.5. The van der Waals surface area contributed by atoms with E-state index < -0.39 is 5.97 Å². The van der Waals surface area contributed by atoms with Crippen molar-refractivity contribution in [2.45, 2.75) is 25.4 Å². The predicted octanol–water partition coefficient (Wildman–Crippen LogP) is -0.502. The number of ether oxygens (including phenoxy) is 2. The van der Waals surface area contributed by atoms with Gasteiger partial charge in [0.2, 0.25) is 0 Å². The number of carbonyl (C=O) groups is 1. The standard InChI is InChI=1S/C12H20N4O4/c1-19-12(18)10-11(9-3-2-4-13-9)16(15-14-10)5-7-20-8-6-17/h9,13,17H,2-8H2,1H3. The van der Waals surface area contributed by atoms with Crippen molar-refractivity contribution in [2.24, 2.45) is 0 Å². The molecule has 0 amide bonds. The van der Waals surface area contributed by atoms with Crippen LogP contribution in [0.5, 0.6) is 0 Å². The van der Waals surface area contributed by atoms with E-state index in [9.17, 15) is 4.79 Å². The van der Waals surface area contributed by atoms with Crippen LogP contribution in [0.15, 0.2) is 0 Å². The van der Waals surface area contributed by atoms with Crippen molar-refractivity contribution in [1.82, 2.24) is 20.3 Å². The van der Waals surface area contributed by atoms with Crippen molar-refractivity contribution in [3.05, 3.63) is 11.4 Å². The third-order valence-corrected chi connectivity index (χ3v) is 3.23. The summed E-state index contributed by atoms with van der Waals surface area (Å²) in [4.78, 5) is 11.8. The summed E-state index contributed by atoms with van der Waals surface area (Å²) in [6.45, 7) is 2.08. The monoisotopic (exact) mass is 284 g/mol. The highest BCUT2D eigenvalue weighted by Gasteiger charge is 2.28. The molecular weight excluding hydrogens is 264 g/mol. The molecule has 8 nitrogen and oxygen atoms in total. The second-order valence-corrected chi connectivity index (χ2v) is 4.52. The van der Waals surface area contributed by atoms with Gasteiger partial charge in [-0.1, -0.05) is 5.21 Å². The van der Waals surface area contributed by atoms with E-state index in [1.54, 1.807) is 4.68 Å². The first-order chi connectivity index (χ1) is 9.77. The van der Waals surface area contributed by atoms with Crippen LogP contribution in [0, 0.1) is 0 Å². The highest BCUT2D eigenvalue weighted by atomic mass is 16.5. The Morgan fingerprint density at radius 1 is 1.55 bits per heavy atom. The van der Waals surface area contributed by atoms with Gasteiger partial charge in [0.1, 0.15) is 0 Å². The van der Waals surface area contributed by atoms with Crippen LogP contribution in [0.4, 0.5) is 0 Å². The van der Waals surface area contributed by atoms with Crippen molar-refractivity contribution in [1.29, 1.82) is 0 Å². The van der Waals surface area contributed by atoms with Gasteiger partial charge in [0.25, 0.3) is 0 Å². The summed E-state index contributed by atoms with van der Waals surface area (Å²) in [6, 6.07) is 0.0666. The third-order valence-electron chi connectivity index (χ3n) is 3.23. The van der Waals surface area contributed by atoms with E-state index >= 15 is 0 Å². The number of hydrogen-bond acceptors (Lipinski definition) is 7. The van der Waals surface area contributed by atoms with Crippen LogP contribution in [0.25, 0.3) is 0 Å². The zero-order chi connectivity index (χ0) is 14.4. The SMILES string of the molecule is COC(=O)c1nnn(CCOCCO)c1C1CCCN1. The Morgan fingerprint density at radius 3 is 3.05 bits per heavy atom. The lowest BCUT2D eigenvalue weighted by Crippen LogP contribution is -2.22. The molecule has 0 aliphatic carbocycles. The fraction of sp³-hybridized carbons (Fsp3) is 0.750. The van der Waals surface area contributed by atoms with E-state index in [0.29, 0.717) is 13.2 Å². The fourth-order valence-corrected chi connectivity index (χ4v) is 2.31. The summed E-state index contributed by atoms with van der Waals surface area (Å²) in [5.41, 5.74) is 1.01. The lowest BCUT2D eigenvalue weighted by molar-refractivity contribution is 0.0591. The van der Waals surface area contributed by atoms with Crippen molar-refractivity contribution in [2.75, 3.05) is 33.5 Å². The normalized spacial score (nSPS) is 18.4. The van der Waals surface area contributed by atoms with Crippen LogP contribution in [0.1, 0.15) is 35.1 Å². The van der Waals surface area contributed by atoms with Gasteiger partial charge in [-0.05, 0) is 19.4 Å². The molecular formula is C12H20N4O4. The smallest absolute Gasteiger partial charge is 0.360 e. The average Bonchev–Trinajstić information content (AvgIpc) is 3.11. The second kappa shape index (κ2) is 7.32. The van der Waals surface area contributed by atoms with Gasteiger partial charge in [0.15, 0.2) is 5.69 Å². The number of hydrogen-bond donors (Lipinski definition) is 2. The molecule has 0 radical (unpaired) electrons. The van der Waals surface area contributed by atoms with Crippen LogP contribution in [-0.2, 0) is 16.0 Å². The largest absolute Gasteiger partial charge is 0.464 e. The molecule has 1 aliphatic heterocycles. The van der Waals surface area contributed by atoms with E-state index in [-0.39, 0.29) is 24.9 Å². The van der Waals surface area contributed by atoms with E-state index in [2.05, 4.69) is 15.6 Å². The molecule has 2 rings (SSSR count). The Balaban J connectivity index is 2.13. The quantitative estimate of drug-likeness (QED) is 0.514.